The fraction of sp³-hybridized carbons (Fsp3) is 0.391. The van der Waals surface area contributed by atoms with E-state index in [1.807, 2.05) is 0 Å². The van der Waals surface area contributed by atoms with Crippen LogP contribution in [-0.4, -0.2) is 64.2 Å². The fourth-order valence-electron chi connectivity index (χ4n) is 3.11. The van der Waals surface area contributed by atoms with Crippen LogP contribution in [0, 0.1) is 0 Å². The van der Waals surface area contributed by atoms with Gasteiger partial charge in [0.2, 0.25) is 0 Å². The molecule has 0 bridgehead atoms. The van der Waals surface area contributed by atoms with Crippen LogP contribution in [0.25, 0.3) is 0 Å². The summed E-state index contributed by atoms with van der Waals surface area (Å²) in [4.78, 5) is 27.6. The van der Waals surface area contributed by atoms with Gasteiger partial charge in [-0.25, -0.2) is 0 Å². The van der Waals surface area contributed by atoms with E-state index in [1.54, 1.807) is 36.4 Å². The van der Waals surface area contributed by atoms with Gasteiger partial charge in [0.05, 0.1) is 32.5 Å². The Hall–Kier alpha value is -3.26. The number of carbonyl (C=O) groups is 2. The van der Waals surface area contributed by atoms with Gasteiger partial charge >= 0.3 is 0 Å². The standard InChI is InChI=1S/C23H31N3O5/c1-6-26(7-2)13-12-24-22(27)18-10-8-16(14-21(18)31-5)25-23(28)19-15-17(29-3)9-11-20(19)30-4/h8-11,14-15H,6-7,12-13H2,1-5H3,(H,24,27)(H,25,28). The third-order valence-electron chi connectivity index (χ3n) is 4.96. The van der Waals surface area contributed by atoms with Gasteiger partial charge in [0.1, 0.15) is 17.2 Å². The summed E-state index contributed by atoms with van der Waals surface area (Å²) in [6.45, 7) is 7.35. The van der Waals surface area contributed by atoms with E-state index < -0.39 is 0 Å². The molecule has 0 unspecified atom stereocenters. The number of ether oxygens (including phenoxy) is 3. The molecule has 2 rings (SSSR count). The van der Waals surface area contributed by atoms with Crippen LogP contribution < -0.4 is 24.8 Å². The van der Waals surface area contributed by atoms with Crippen molar-refractivity contribution in [1.29, 1.82) is 0 Å². The van der Waals surface area contributed by atoms with E-state index in [4.69, 9.17) is 14.2 Å². The number of methoxy groups -OCH3 is 3. The largest absolute Gasteiger partial charge is 0.497 e. The van der Waals surface area contributed by atoms with Gasteiger partial charge in [0.15, 0.2) is 0 Å². The minimum atomic E-state index is -0.366. The zero-order valence-electron chi connectivity index (χ0n) is 18.8. The first-order valence-corrected chi connectivity index (χ1v) is 10.2. The number of hydrogen-bond donors (Lipinski definition) is 2. The molecule has 8 heteroatoms. The molecule has 2 aromatic carbocycles. The minimum Gasteiger partial charge on any atom is -0.497 e. The van der Waals surface area contributed by atoms with Crippen molar-refractivity contribution in [3.63, 3.8) is 0 Å². The summed E-state index contributed by atoms with van der Waals surface area (Å²) < 4.78 is 15.8. The molecule has 31 heavy (non-hydrogen) atoms. The van der Waals surface area contributed by atoms with E-state index in [9.17, 15) is 9.59 Å². The van der Waals surface area contributed by atoms with Crippen molar-refractivity contribution < 1.29 is 23.8 Å². The maximum Gasteiger partial charge on any atom is 0.259 e. The summed E-state index contributed by atoms with van der Waals surface area (Å²) in [6.07, 6.45) is 0. The third-order valence-corrected chi connectivity index (χ3v) is 4.96. The number of benzene rings is 2. The molecule has 0 atom stereocenters. The summed E-state index contributed by atoms with van der Waals surface area (Å²) in [5.74, 6) is 0.746. The van der Waals surface area contributed by atoms with Crippen LogP contribution >= 0.6 is 0 Å². The maximum absolute atomic E-state index is 12.8. The van der Waals surface area contributed by atoms with Gasteiger partial charge in [-0.1, -0.05) is 13.8 Å². The number of anilines is 1. The second-order valence-electron chi connectivity index (χ2n) is 6.72. The van der Waals surface area contributed by atoms with E-state index in [1.165, 1.54) is 21.3 Å². The minimum absolute atomic E-state index is 0.226. The zero-order valence-corrected chi connectivity index (χ0v) is 18.8. The highest BCUT2D eigenvalue weighted by Gasteiger charge is 2.17. The maximum atomic E-state index is 12.8. The molecule has 8 nitrogen and oxygen atoms in total. The summed E-state index contributed by atoms with van der Waals surface area (Å²) in [5, 5.41) is 5.71. The summed E-state index contributed by atoms with van der Waals surface area (Å²) in [5.41, 5.74) is 1.23. The summed E-state index contributed by atoms with van der Waals surface area (Å²) >= 11 is 0. The van der Waals surface area contributed by atoms with Crippen LogP contribution in [0.5, 0.6) is 17.2 Å². The molecule has 0 fully saturated rings. The molecule has 2 aromatic rings. The number of nitrogens with one attached hydrogen (secondary N) is 2. The predicted molar refractivity (Wildman–Crippen MR) is 121 cm³/mol. The van der Waals surface area contributed by atoms with Gasteiger partial charge in [-0.2, -0.15) is 0 Å². The topological polar surface area (TPSA) is 89.1 Å². The van der Waals surface area contributed by atoms with E-state index >= 15 is 0 Å². The number of carbonyl (C=O) groups excluding carboxylic acids is 2. The lowest BCUT2D eigenvalue weighted by Gasteiger charge is -2.18. The molecule has 0 heterocycles. The molecule has 0 aliphatic heterocycles. The molecular weight excluding hydrogens is 398 g/mol. The van der Waals surface area contributed by atoms with Crippen LogP contribution in [0.4, 0.5) is 5.69 Å². The zero-order chi connectivity index (χ0) is 22.8. The molecule has 2 amide bonds. The van der Waals surface area contributed by atoms with Crippen LogP contribution in [-0.2, 0) is 0 Å². The molecule has 0 radical (unpaired) electrons. The SMILES string of the molecule is CCN(CC)CCNC(=O)c1ccc(NC(=O)c2cc(OC)ccc2OC)cc1OC. The molecule has 0 spiro atoms. The Bertz CT molecular complexity index is 897. The summed E-state index contributed by atoms with van der Waals surface area (Å²) in [6, 6.07) is 9.88. The van der Waals surface area contributed by atoms with Crippen molar-refractivity contribution >= 4 is 17.5 Å². The lowest BCUT2D eigenvalue weighted by atomic mass is 10.1. The van der Waals surface area contributed by atoms with Crippen LogP contribution in [0.3, 0.4) is 0 Å². The molecular formula is C23H31N3O5. The number of hydrogen-bond acceptors (Lipinski definition) is 6. The van der Waals surface area contributed by atoms with Crippen LogP contribution in [0.15, 0.2) is 36.4 Å². The Morgan fingerprint density at radius 1 is 0.839 bits per heavy atom. The number of nitrogens with zero attached hydrogens (tertiary/aromatic N) is 1. The van der Waals surface area contributed by atoms with Crippen molar-refractivity contribution in [3.8, 4) is 17.2 Å². The Morgan fingerprint density at radius 3 is 2.16 bits per heavy atom. The van der Waals surface area contributed by atoms with Gasteiger partial charge in [0.25, 0.3) is 11.8 Å². The molecule has 0 saturated heterocycles. The quantitative estimate of drug-likeness (QED) is 0.571. The van der Waals surface area contributed by atoms with Gasteiger partial charge in [-0.05, 0) is 43.4 Å². The Balaban J connectivity index is 2.12. The molecule has 0 aromatic heterocycles. The van der Waals surface area contributed by atoms with E-state index in [2.05, 4.69) is 29.4 Å². The van der Waals surface area contributed by atoms with Crippen molar-refractivity contribution in [2.24, 2.45) is 0 Å². The number of likely N-dealkylation sites (N-methyl/N-ethyl adjacent to an activating group) is 1. The van der Waals surface area contributed by atoms with Crippen LogP contribution in [0.1, 0.15) is 34.6 Å². The normalized spacial score (nSPS) is 10.5. The first-order valence-electron chi connectivity index (χ1n) is 10.2. The number of rotatable bonds is 11. The third kappa shape index (κ3) is 6.36. The Labute approximate surface area is 183 Å². The van der Waals surface area contributed by atoms with Crippen LogP contribution in [0.2, 0.25) is 0 Å². The van der Waals surface area contributed by atoms with Crippen molar-refractivity contribution in [1.82, 2.24) is 10.2 Å². The van der Waals surface area contributed by atoms with Crippen molar-refractivity contribution in [3.05, 3.63) is 47.5 Å². The monoisotopic (exact) mass is 429 g/mol. The first-order chi connectivity index (χ1) is 15.0. The lowest BCUT2D eigenvalue weighted by Crippen LogP contribution is -2.34. The molecule has 168 valence electrons. The molecule has 0 aliphatic rings. The average Bonchev–Trinajstić information content (AvgIpc) is 2.81. The molecule has 2 N–H and O–H groups in total. The Morgan fingerprint density at radius 2 is 1.55 bits per heavy atom. The highest BCUT2D eigenvalue weighted by atomic mass is 16.5. The van der Waals surface area contributed by atoms with E-state index in [0.717, 1.165) is 19.6 Å². The fourth-order valence-corrected chi connectivity index (χ4v) is 3.11. The lowest BCUT2D eigenvalue weighted by molar-refractivity contribution is 0.0945. The Kier molecular flexibility index (Phi) is 9.14. The second-order valence-corrected chi connectivity index (χ2v) is 6.72. The first kappa shape index (κ1) is 24.0. The highest BCUT2D eigenvalue weighted by molar-refractivity contribution is 6.07. The van der Waals surface area contributed by atoms with Crippen molar-refractivity contribution in [2.45, 2.75) is 13.8 Å². The van der Waals surface area contributed by atoms with E-state index in [-0.39, 0.29) is 11.8 Å². The second kappa shape index (κ2) is 11.8. The summed E-state index contributed by atoms with van der Waals surface area (Å²) in [7, 11) is 4.51. The molecule has 0 saturated carbocycles. The van der Waals surface area contributed by atoms with Crippen molar-refractivity contribution in [2.75, 3.05) is 52.8 Å². The predicted octanol–water partition coefficient (Wildman–Crippen LogP) is 3.04. The van der Waals surface area contributed by atoms with Gasteiger partial charge < -0.3 is 29.7 Å². The van der Waals surface area contributed by atoms with Gasteiger partial charge in [-0.3, -0.25) is 9.59 Å². The highest BCUT2D eigenvalue weighted by Crippen LogP contribution is 2.27. The average molecular weight is 430 g/mol. The number of amides is 2. The van der Waals surface area contributed by atoms with Gasteiger partial charge in [-0.15, -0.1) is 0 Å². The molecule has 0 aliphatic carbocycles. The van der Waals surface area contributed by atoms with Gasteiger partial charge in [0, 0.05) is 24.8 Å². The smallest absolute Gasteiger partial charge is 0.259 e. The van der Waals surface area contributed by atoms with E-state index in [0.29, 0.717) is 40.6 Å².